The molecule has 0 atom stereocenters. The summed E-state index contributed by atoms with van der Waals surface area (Å²) >= 11 is 1.15. The molecular formula is C21H15F2N3O3S. The van der Waals surface area contributed by atoms with Crippen molar-refractivity contribution in [3.05, 3.63) is 91.9 Å². The first-order valence-electron chi connectivity index (χ1n) is 8.90. The van der Waals surface area contributed by atoms with E-state index in [1.165, 1.54) is 47.0 Å². The fraction of sp³-hybridized carbons (Fsp3) is 0.0952. The van der Waals surface area contributed by atoms with E-state index in [9.17, 15) is 23.2 Å². The molecule has 152 valence electrons. The van der Waals surface area contributed by atoms with Crippen LogP contribution in [-0.2, 0) is 11.3 Å². The molecule has 30 heavy (non-hydrogen) atoms. The first-order valence-corrected chi connectivity index (χ1v) is 9.78. The molecule has 0 fully saturated rings. The van der Waals surface area contributed by atoms with E-state index in [-0.39, 0.29) is 12.2 Å². The van der Waals surface area contributed by atoms with E-state index >= 15 is 0 Å². The van der Waals surface area contributed by atoms with E-state index in [1.54, 1.807) is 18.4 Å². The highest BCUT2D eigenvalue weighted by atomic mass is 32.1. The molecule has 9 heteroatoms. The van der Waals surface area contributed by atoms with Crippen LogP contribution in [0.1, 0.15) is 5.56 Å². The molecule has 0 unspecified atom stereocenters. The van der Waals surface area contributed by atoms with Gasteiger partial charge in [0.15, 0.2) is 0 Å². The number of carbonyl (C=O) groups is 1. The van der Waals surface area contributed by atoms with E-state index in [1.807, 2.05) is 0 Å². The van der Waals surface area contributed by atoms with Crippen molar-refractivity contribution in [1.29, 1.82) is 0 Å². The normalized spacial score (nSPS) is 11.0. The Hall–Kier alpha value is -3.59. The zero-order valence-corrected chi connectivity index (χ0v) is 16.5. The van der Waals surface area contributed by atoms with Crippen LogP contribution in [0.5, 0.6) is 0 Å². The predicted octanol–water partition coefficient (Wildman–Crippen LogP) is 3.44. The summed E-state index contributed by atoms with van der Waals surface area (Å²) in [6.07, 6.45) is 0. The average Bonchev–Trinajstić information content (AvgIpc) is 3.19. The number of anilines is 1. The predicted molar refractivity (Wildman–Crippen MR) is 111 cm³/mol. The van der Waals surface area contributed by atoms with Crippen molar-refractivity contribution in [2.45, 2.75) is 13.5 Å². The molecule has 2 aromatic carbocycles. The summed E-state index contributed by atoms with van der Waals surface area (Å²) in [7, 11) is 0. The number of aryl methyl sites for hydroxylation is 1. The molecule has 0 saturated heterocycles. The second-order valence-corrected chi connectivity index (χ2v) is 7.55. The number of benzene rings is 2. The smallest absolute Gasteiger partial charge is 0.325 e. The van der Waals surface area contributed by atoms with Crippen LogP contribution in [0.2, 0.25) is 0 Å². The molecule has 2 aromatic heterocycles. The maximum Gasteiger partial charge on any atom is 0.336 e. The Bertz CT molecular complexity index is 1390. The van der Waals surface area contributed by atoms with Crippen molar-refractivity contribution in [1.82, 2.24) is 9.13 Å². The van der Waals surface area contributed by atoms with Crippen molar-refractivity contribution in [3.8, 4) is 5.69 Å². The maximum absolute atomic E-state index is 13.5. The summed E-state index contributed by atoms with van der Waals surface area (Å²) in [4.78, 5) is 38.6. The molecule has 0 saturated carbocycles. The van der Waals surface area contributed by atoms with Gasteiger partial charge in [0.1, 0.15) is 22.9 Å². The van der Waals surface area contributed by atoms with E-state index in [0.717, 1.165) is 15.9 Å². The second kappa shape index (κ2) is 7.68. The molecule has 6 nitrogen and oxygen atoms in total. The minimum absolute atomic E-state index is 0.245. The number of carbonyl (C=O) groups excluding carboxylic acids is 1. The van der Waals surface area contributed by atoms with Crippen molar-refractivity contribution in [3.63, 3.8) is 0 Å². The van der Waals surface area contributed by atoms with Gasteiger partial charge in [0, 0.05) is 5.69 Å². The number of halogens is 2. The number of hydrogen-bond donors (Lipinski definition) is 1. The SMILES string of the molecule is Cc1cc(F)ccc1-n1c(=O)c2sccc2n(CC(=O)Nc2ccc(F)cc2)c1=O. The van der Waals surface area contributed by atoms with Gasteiger partial charge in [0.2, 0.25) is 5.91 Å². The Kier molecular flexibility index (Phi) is 5.04. The van der Waals surface area contributed by atoms with E-state index < -0.39 is 28.8 Å². The third-order valence-corrected chi connectivity index (χ3v) is 5.48. The van der Waals surface area contributed by atoms with Crippen LogP contribution in [0, 0.1) is 18.6 Å². The standard InChI is InChI=1S/C21H15F2N3O3S/c1-12-10-14(23)4-7-16(12)26-20(28)19-17(8-9-30-19)25(21(26)29)11-18(27)24-15-5-2-13(22)3-6-15/h2-10H,11H2,1H3,(H,24,27). The second-order valence-electron chi connectivity index (χ2n) is 6.63. The first kappa shape index (κ1) is 19.7. The van der Waals surface area contributed by atoms with E-state index in [0.29, 0.717) is 21.5 Å². The Morgan fingerprint density at radius 1 is 1.03 bits per heavy atom. The van der Waals surface area contributed by atoms with Gasteiger partial charge in [0.25, 0.3) is 5.56 Å². The molecule has 4 aromatic rings. The Morgan fingerprint density at radius 2 is 1.73 bits per heavy atom. The molecule has 0 bridgehead atoms. The van der Waals surface area contributed by atoms with Gasteiger partial charge >= 0.3 is 5.69 Å². The highest BCUT2D eigenvalue weighted by molar-refractivity contribution is 7.17. The van der Waals surface area contributed by atoms with Gasteiger partial charge in [-0.1, -0.05) is 0 Å². The quantitative estimate of drug-likeness (QED) is 0.542. The lowest BCUT2D eigenvalue weighted by Crippen LogP contribution is -2.40. The molecule has 1 N–H and O–H groups in total. The Morgan fingerprint density at radius 3 is 2.43 bits per heavy atom. The van der Waals surface area contributed by atoms with Crippen molar-refractivity contribution in [2.24, 2.45) is 0 Å². The highest BCUT2D eigenvalue weighted by Crippen LogP contribution is 2.18. The van der Waals surface area contributed by atoms with E-state index in [2.05, 4.69) is 5.32 Å². The van der Waals surface area contributed by atoms with Crippen molar-refractivity contribution < 1.29 is 13.6 Å². The van der Waals surface area contributed by atoms with E-state index in [4.69, 9.17) is 0 Å². The molecule has 0 spiro atoms. The van der Waals surface area contributed by atoms with Gasteiger partial charge in [-0.3, -0.25) is 14.2 Å². The number of nitrogens with one attached hydrogen (secondary N) is 1. The van der Waals surface area contributed by atoms with Gasteiger partial charge in [-0.25, -0.2) is 18.1 Å². The van der Waals surface area contributed by atoms with Gasteiger partial charge in [0.05, 0.1) is 11.2 Å². The monoisotopic (exact) mass is 427 g/mol. The molecule has 1 amide bonds. The summed E-state index contributed by atoms with van der Waals surface area (Å²) in [6.45, 7) is 1.23. The van der Waals surface area contributed by atoms with Crippen LogP contribution in [0.15, 0.2) is 63.5 Å². The number of hydrogen-bond acceptors (Lipinski definition) is 4. The van der Waals surface area contributed by atoms with Crippen LogP contribution in [-0.4, -0.2) is 15.0 Å². The molecule has 0 aliphatic carbocycles. The van der Waals surface area contributed by atoms with Crippen molar-refractivity contribution >= 4 is 33.1 Å². The minimum Gasteiger partial charge on any atom is -0.325 e. The average molecular weight is 427 g/mol. The minimum atomic E-state index is -0.713. The lowest BCUT2D eigenvalue weighted by atomic mass is 10.2. The summed E-state index contributed by atoms with van der Waals surface area (Å²) in [5.41, 5.74) is 0.116. The van der Waals surface area contributed by atoms with Gasteiger partial charge in [-0.15, -0.1) is 11.3 Å². The lowest BCUT2D eigenvalue weighted by molar-refractivity contribution is -0.116. The first-order chi connectivity index (χ1) is 14.3. The topological polar surface area (TPSA) is 73.1 Å². The summed E-state index contributed by atoms with van der Waals surface area (Å²) in [5.74, 6) is -1.44. The van der Waals surface area contributed by atoms with Crippen LogP contribution in [0.4, 0.5) is 14.5 Å². The molecule has 2 heterocycles. The number of aromatic nitrogens is 2. The summed E-state index contributed by atoms with van der Waals surface area (Å²) in [5, 5.41) is 4.25. The van der Waals surface area contributed by atoms with Crippen LogP contribution in [0.25, 0.3) is 15.9 Å². The van der Waals surface area contributed by atoms with Gasteiger partial charge < -0.3 is 5.32 Å². The fourth-order valence-corrected chi connectivity index (χ4v) is 4.02. The number of nitrogens with zero attached hydrogens (tertiary/aromatic N) is 2. The fourth-order valence-electron chi connectivity index (χ4n) is 3.20. The zero-order chi connectivity index (χ0) is 21.4. The van der Waals surface area contributed by atoms with Gasteiger partial charge in [-0.2, -0.15) is 0 Å². The molecule has 4 rings (SSSR count). The van der Waals surface area contributed by atoms with Crippen LogP contribution in [0.3, 0.4) is 0 Å². The Balaban J connectivity index is 1.81. The molecule has 0 aliphatic heterocycles. The Labute approximate surface area is 172 Å². The number of amides is 1. The number of fused-ring (bicyclic) bond motifs is 1. The highest BCUT2D eigenvalue weighted by Gasteiger charge is 2.18. The zero-order valence-electron chi connectivity index (χ0n) is 15.7. The van der Waals surface area contributed by atoms with Crippen molar-refractivity contribution in [2.75, 3.05) is 5.32 Å². The third-order valence-electron chi connectivity index (χ3n) is 4.58. The van der Waals surface area contributed by atoms with Crippen LogP contribution < -0.4 is 16.6 Å². The molecular weight excluding hydrogens is 412 g/mol. The summed E-state index contributed by atoms with van der Waals surface area (Å²) < 4.78 is 29.0. The number of rotatable bonds is 4. The van der Waals surface area contributed by atoms with Crippen LogP contribution >= 0.6 is 11.3 Å². The maximum atomic E-state index is 13.5. The number of thiophene rings is 1. The van der Waals surface area contributed by atoms with Gasteiger partial charge in [-0.05, 0) is 66.4 Å². The largest absolute Gasteiger partial charge is 0.336 e. The molecule has 0 radical (unpaired) electrons. The lowest BCUT2D eigenvalue weighted by Gasteiger charge is -2.14. The summed E-state index contributed by atoms with van der Waals surface area (Å²) in [6, 6.07) is 10.6. The third kappa shape index (κ3) is 3.55. The molecule has 0 aliphatic rings.